The lowest BCUT2D eigenvalue weighted by Crippen LogP contribution is -2.33. The van der Waals surface area contributed by atoms with E-state index in [0.717, 1.165) is 11.4 Å². The number of carbonyl (C=O) groups excluding carboxylic acids is 2. The van der Waals surface area contributed by atoms with E-state index < -0.39 is 22.6 Å². The normalized spacial score (nSPS) is 14.9. The lowest BCUT2D eigenvalue weighted by Gasteiger charge is -2.27. The number of hydrogen-bond acceptors (Lipinski definition) is 7. The molecule has 3 aromatic rings. The van der Waals surface area contributed by atoms with Gasteiger partial charge >= 0.3 is 5.97 Å². The van der Waals surface area contributed by atoms with Crippen molar-refractivity contribution in [1.82, 2.24) is 8.87 Å². The molecule has 0 unspecified atom stereocenters. The molecule has 10 heteroatoms. The summed E-state index contributed by atoms with van der Waals surface area (Å²) < 4.78 is 45.7. The van der Waals surface area contributed by atoms with Crippen LogP contribution in [0.25, 0.3) is 0 Å². The van der Waals surface area contributed by atoms with Gasteiger partial charge in [0.05, 0.1) is 17.0 Å². The van der Waals surface area contributed by atoms with Crippen molar-refractivity contribution >= 4 is 21.8 Å². The van der Waals surface area contributed by atoms with Gasteiger partial charge in [0.2, 0.25) is 15.8 Å². The molecular formula is C28H32N2O7S. The third-order valence-corrected chi connectivity index (χ3v) is 8.66. The Hall–Kier alpha value is -3.63. The van der Waals surface area contributed by atoms with Crippen LogP contribution in [-0.2, 0) is 21.3 Å². The van der Waals surface area contributed by atoms with Crippen LogP contribution in [0, 0.1) is 13.8 Å². The summed E-state index contributed by atoms with van der Waals surface area (Å²) in [5.74, 6) is 0.366. The second-order valence-electron chi connectivity index (χ2n) is 9.01. The average Bonchev–Trinajstić information content (AvgIpc) is 3.20. The molecule has 1 aliphatic heterocycles. The van der Waals surface area contributed by atoms with E-state index in [1.807, 2.05) is 42.7 Å². The number of para-hydroxylation sites is 2. The Bertz CT molecular complexity index is 1420. The van der Waals surface area contributed by atoms with Gasteiger partial charge in [0, 0.05) is 30.0 Å². The molecule has 0 saturated heterocycles. The van der Waals surface area contributed by atoms with Crippen LogP contribution in [0.3, 0.4) is 0 Å². The second-order valence-corrected chi connectivity index (χ2v) is 10.9. The van der Waals surface area contributed by atoms with Crippen molar-refractivity contribution in [2.45, 2.75) is 45.2 Å². The molecule has 202 valence electrons. The average molecular weight is 541 g/mol. The van der Waals surface area contributed by atoms with E-state index in [-0.39, 0.29) is 22.3 Å². The number of sulfonamides is 1. The minimum atomic E-state index is -3.63. The summed E-state index contributed by atoms with van der Waals surface area (Å²) >= 11 is 0. The molecule has 0 bridgehead atoms. The first-order valence-electron chi connectivity index (χ1n) is 12.5. The van der Waals surface area contributed by atoms with E-state index in [0.29, 0.717) is 43.3 Å². The summed E-state index contributed by atoms with van der Waals surface area (Å²) in [5.41, 5.74) is 2.26. The van der Waals surface area contributed by atoms with Crippen molar-refractivity contribution in [2.75, 3.05) is 26.3 Å². The highest BCUT2D eigenvalue weighted by molar-refractivity contribution is 7.89. The van der Waals surface area contributed by atoms with Crippen molar-refractivity contribution in [3.05, 3.63) is 77.1 Å². The fourth-order valence-corrected chi connectivity index (χ4v) is 5.95. The molecule has 1 aliphatic rings. The molecular weight excluding hydrogens is 508 g/mol. The van der Waals surface area contributed by atoms with Gasteiger partial charge < -0.3 is 18.8 Å². The Morgan fingerprint density at radius 3 is 2.34 bits per heavy atom. The molecule has 0 saturated carbocycles. The van der Waals surface area contributed by atoms with Gasteiger partial charge in [0.1, 0.15) is 6.61 Å². The number of carbonyl (C=O) groups is 2. The van der Waals surface area contributed by atoms with Crippen LogP contribution in [0.4, 0.5) is 0 Å². The van der Waals surface area contributed by atoms with Crippen molar-refractivity contribution in [2.24, 2.45) is 0 Å². The molecule has 1 atom stereocenters. The number of hydrogen-bond donors (Lipinski definition) is 0. The van der Waals surface area contributed by atoms with Crippen LogP contribution in [0.5, 0.6) is 11.5 Å². The van der Waals surface area contributed by atoms with Crippen molar-refractivity contribution < 1.29 is 32.2 Å². The molecule has 0 fully saturated rings. The second kappa shape index (κ2) is 11.4. The van der Waals surface area contributed by atoms with Gasteiger partial charge in [-0.3, -0.25) is 4.79 Å². The lowest BCUT2D eigenvalue weighted by molar-refractivity contribution is 0.0474. The van der Waals surface area contributed by atoms with E-state index >= 15 is 0 Å². The number of ketones is 1. The summed E-state index contributed by atoms with van der Waals surface area (Å²) in [6, 6.07) is 14.8. The SMILES string of the molecule is CCN(CC)S(=O)(=O)c1ccc(C(=O)OCC(=O)c2cc(C)n(C[C@H]3COc4ccccc4O3)c2C)cc1. The predicted molar refractivity (Wildman–Crippen MR) is 141 cm³/mol. The Morgan fingerprint density at radius 1 is 1.03 bits per heavy atom. The number of ether oxygens (including phenoxy) is 3. The van der Waals surface area contributed by atoms with Crippen molar-refractivity contribution in [3.8, 4) is 11.5 Å². The number of esters is 1. The fraction of sp³-hybridized carbons (Fsp3) is 0.357. The maximum atomic E-state index is 12.9. The molecule has 1 aromatic heterocycles. The van der Waals surface area contributed by atoms with Crippen LogP contribution in [0.15, 0.2) is 59.5 Å². The molecule has 2 aromatic carbocycles. The summed E-state index contributed by atoms with van der Waals surface area (Å²) in [5, 5.41) is 0. The smallest absolute Gasteiger partial charge is 0.338 e. The minimum absolute atomic E-state index is 0.0945. The van der Waals surface area contributed by atoms with E-state index in [2.05, 4.69) is 0 Å². The van der Waals surface area contributed by atoms with E-state index in [1.54, 1.807) is 19.9 Å². The van der Waals surface area contributed by atoms with Gasteiger partial charge in [-0.15, -0.1) is 0 Å². The van der Waals surface area contributed by atoms with Gasteiger partial charge in [-0.1, -0.05) is 26.0 Å². The summed E-state index contributed by atoms with van der Waals surface area (Å²) in [6.45, 7) is 8.43. The van der Waals surface area contributed by atoms with Gasteiger partial charge in [-0.05, 0) is 56.3 Å². The molecule has 4 rings (SSSR count). The van der Waals surface area contributed by atoms with Crippen LogP contribution in [0.1, 0.15) is 46.0 Å². The summed E-state index contributed by atoms with van der Waals surface area (Å²) in [7, 11) is -3.63. The first kappa shape index (κ1) is 27.4. The molecule has 2 heterocycles. The number of aryl methyl sites for hydroxylation is 1. The highest BCUT2D eigenvalue weighted by Crippen LogP contribution is 2.31. The molecule has 9 nitrogen and oxygen atoms in total. The molecule has 0 radical (unpaired) electrons. The monoisotopic (exact) mass is 540 g/mol. The molecule has 0 spiro atoms. The topological polar surface area (TPSA) is 104 Å². The Balaban J connectivity index is 1.38. The number of rotatable bonds is 10. The molecule has 0 amide bonds. The van der Waals surface area contributed by atoms with Crippen LogP contribution < -0.4 is 9.47 Å². The first-order chi connectivity index (χ1) is 18.1. The zero-order valence-electron chi connectivity index (χ0n) is 22.0. The van der Waals surface area contributed by atoms with Gasteiger partial charge in [-0.2, -0.15) is 4.31 Å². The van der Waals surface area contributed by atoms with Crippen molar-refractivity contribution in [1.29, 1.82) is 0 Å². The zero-order valence-corrected chi connectivity index (χ0v) is 22.8. The number of fused-ring (bicyclic) bond motifs is 1. The maximum Gasteiger partial charge on any atom is 0.338 e. The van der Waals surface area contributed by atoms with Crippen LogP contribution >= 0.6 is 0 Å². The largest absolute Gasteiger partial charge is 0.486 e. The number of Topliss-reactive ketones (excluding diaryl/α,β-unsaturated/α-hetero) is 1. The van der Waals surface area contributed by atoms with Gasteiger partial charge in [0.25, 0.3) is 0 Å². The maximum absolute atomic E-state index is 12.9. The Labute approximate surface area is 223 Å². The minimum Gasteiger partial charge on any atom is -0.486 e. The third-order valence-electron chi connectivity index (χ3n) is 6.60. The van der Waals surface area contributed by atoms with Crippen LogP contribution in [0.2, 0.25) is 0 Å². The molecule has 0 aliphatic carbocycles. The Kier molecular flexibility index (Phi) is 8.23. The van der Waals surface area contributed by atoms with Gasteiger partial charge in [-0.25, -0.2) is 13.2 Å². The third kappa shape index (κ3) is 5.61. The highest BCUT2D eigenvalue weighted by Gasteiger charge is 2.25. The quantitative estimate of drug-likeness (QED) is 0.283. The van der Waals surface area contributed by atoms with E-state index in [9.17, 15) is 18.0 Å². The first-order valence-corrected chi connectivity index (χ1v) is 13.9. The molecule has 38 heavy (non-hydrogen) atoms. The van der Waals surface area contributed by atoms with E-state index in [4.69, 9.17) is 14.2 Å². The van der Waals surface area contributed by atoms with Crippen molar-refractivity contribution in [3.63, 3.8) is 0 Å². The van der Waals surface area contributed by atoms with E-state index in [1.165, 1.54) is 28.6 Å². The number of benzene rings is 2. The number of nitrogens with zero attached hydrogens (tertiary/aromatic N) is 2. The fourth-order valence-electron chi connectivity index (χ4n) is 4.49. The summed E-state index contributed by atoms with van der Waals surface area (Å²) in [6.07, 6.45) is -0.219. The highest BCUT2D eigenvalue weighted by atomic mass is 32.2. The van der Waals surface area contributed by atoms with Gasteiger partial charge in [0.15, 0.2) is 24.2 Å². The standard InChI is InChI=1S/C28H32N2O7S/c1-5-29(6-2)38(33,34)23-13-11-21(12-14-23)28(32)36-18-25(31)24-15-19(3)30(20(24)4)16-22-17-35-26-9-7-8-10-27(26)37-22/h7-15,22H,5-6,16-18H2,1-4H3/t22-/m0/s1. The summed E-state index contributed by atoms with van der Waals surface area (Å²) in [4.78, 5) is 25.6. The van der Waals surface area contributed by atoms with Crippen LogP contribution in [-0.4, -0.2) is 61.4 Å². The Morgan fingerprint density at radius 2 is 1.68 bits per heavy atom. The zero-order chi connectivity index (χ0) is 27.4. The predicted octanol–water partition coefficient (Wildman–Crippen LogP) is 4.02. The molecule has 0 N–H and O–H groups in total. The lowest BCUT2D eigenvalue weighted by atomic mass is 10.1. The number of aromatic nitrogens is 1.